The van der Waals surface area contributed by atoms with Gasteiger partial charge in [0.1, 0.15) is 0 Å². The van der Waals surface area contributed by atoms with Gasteiger partial charge < -0.3 is 15.5 Å². The average Bonchev–Trinajstić information content (AvgIpc) is 3.05. The number of aryl methyl sites for hydroxylation is 1. The third-order valence-electron chi connectivity index (χ3n) is 4.44. The van der Waals surface area contributed by atoms with Crippen LogP contribution in [-0.2, 0) is 16.0 Å². The van der Waals surface area contributed by atoms with Crippen molar-refractivity contribution in [3.63, 3.8) is 0 Å². The summed E-state index contributed by atoms with van der Waals surface area (Å²) in [4.78, 5) is 26.1. The van der Waals surface area contributed by atoms with Gasteiger partial charge >= 0.3 is 0 Å². The van der Waals surface area contributed by atoms with Crippen LogP contribution in [0, 0.1) is 0 Å². The molecule has 1 atom stereocenters. The fourth-order valence-electron chi connectivity index (χ4n) is 3.29. The van der Waals surface area contributed by atoms with Crippen LogP contribution in [0.4, 0.5) is 5.69 Å². The molecule has 0 aliphatic carbocycles. The van der Waals surface area contributed by atoms with Gasteiger partial charge in [0.15, 0.2) is 0 Å². The van der Waals surface area contributed by atoms with Gasteiger partial charge in [-0.25, -0.2) is 0 Å². The molecule has 0 bridgehead atoms. The van der Waals surface area contributed by atoms with Crippen molar-refractivity contribution < 1.29 is 9.59 Å². The van der Waals surface area contributed by atoms with Crippen molar-refractivity contribution in [2.24, 2.45) is 0 Å². The maximum absolute atomic E-state index is 12.4. The number of anilines is 1. The number of hydrogen-bond donors (Lipinski definition) is 2. The Balaban J connectivity index is 0.00000192. The van der Waals surface area contributed by atoms with Gasteiger partial charge in [0.2, 0.25) is 11.8 Å². The van der Waals surface area contributed by atoms with Crippen molar-refractivity contribution in [2.45, 2.75) is 38.1 Å². The second kappa shape index (κ2) is 8.31. The smallest absolute Gasteiger partial charge is 0.246 e. The fraction of sp³-hybridized carbons (Fsp3) is 0.529. The molecule has 2 amide bonds. The zero-order valence-corrected chi connectivity index (χ0v) is 14.0. The molecule has 2 N–H and O–H groups in total. The third-order valence-corrected chi connectivity index (χ3v) is 4.44. The lowest BCUT2D eigenvalue weighted by atomic mass is 10.0. The molecule has 1 unspecified atom stereocenters. The lowest BCUT2D eigenvalue weighted by Crippen LogP contribution is -2.43. The number of nitrogens with zero attached hydrogens (tertiary/aromatic N) is 1. The van der Waals surface area contributed by atoms with E-state index < -0.39 is 0 Å². The van der Waals surface area contributed by atoms with Crippen LogP contribution in [0.2, 0.25) is 0 Å². The Hall–Kier alpha value is -1.59. The molecule has 2 aliphatic heterocycles. The molecule has 5 nitrogen and oxygen atoms in total. The van der Waals surface area contributed by atoms with Crippen LogP contribution >= 0.6 is 12.4 Å². The zero-order valence-electron chi connectivity index (χ0n) is 13.2. The van der Waals surface area contributed by atoms with Crippen molar-refractivity contribution in [3.8, 4) is 0 Å². The van der Waals surface area contributed by atoms with Crippen LogP contribution in [0.15, 0.2) is 24.3 Å². The Morgan fingerprint density at radius 3 is 2.87 bits per heavy atom. The molecule has 0 aromatic heterocycles. The lowest BCUT2D eigenvalue weighted by molar-refractivity contribution is -0.125. The lowest BCUT2D eigenvalue weighted by Gasteiger charge is -2.29. The van der Waals surface area contributed by atoms with Crippen molar-refractivity contribution in [1.82, 2.24) is 10.6 Å². The Morgan fingerprint density at radius 1 is 1.26 bits per heavy atom. The van der Waals surface area contributed by atoms with E-state index in [0.29, 0.717) is 6.42 Å². The summed E-state index contributed by atoms with van der Waals surface area (Å²) < 4.78 is 0. The summed E-state index contributed by atoms with van der Waals surface area (Å²) in [6.07, 6.45) is 4.62. The van der Waals surface area contributed by atoms with Crippen molar-refractivity contribution in [1.29, 1.82) is 0 Å². The number of carbonyl (C=O) groups excluding carboxylic acids is 2. The van der Waals surface area contributed by atoms with Gasteiger partial charge in [0.25, 0.3) is 0 Å². The first kappa shape index (κ1) is 17.8. The summed E-state index contributed by atoms with van der Waals surface area (Å²) in [5.41, 5.74) is 2.20. The highest BCUT2D eigenvalue weighted by atomic mass is 35.5. The summed E-state index contributed by atoms with van der Waals surface area (Å²) >= 11 is 0. The minimum atomic E-state index is -0.0435. The number of amides is 2. The summed E-state index contributed by atoms with van der Waals surface area (Å²) in [5, 5.41) is 6.06. The molecule has 2 heterocycles. The number of rotatable bonds is 4. The molecule has 6 heteroatoms. The normalized spacial score (nSPS) is 19.7. The molecule has 0 radical (unpaired) electrons. The molecule has 1 aromatic rings. The van der Waals surface area contributed by atoms with E-state index in [1.54, 1.807) is 4.90 Å². The first-order chi connectivity index (χ1) is 10.7. The Kier molecular flexibility index (Phi) is 6.42. The fourth-order valence-corrected chi connectivity index (χ4v) is 3.29. The quantitative estimate of drug-likeness (QED) is 0.878. The highest BCUT2D eigenvalue weighted by molar-refractivity contribution is 5.97. The zero-order chi connectivity index (χ0) is 15.4. The highest BCUT2D eigenvalue weighted by Gasteiger charge is 2.23. The molecule has 3 rings (SSSR count). The number of halogens is 1. The Bertz CT molecular complexity index is 559. The summed E-state index contributed by atoms with van der Waals surface area (Å²) in [5.74, 6) is -0.0714. The molecular weight excluding hydrogens is 314 g/mol. The minimum absolute atomic E-state index is 0. The number of fused-ring (bicyclic) bond motifs is 1. The van der Waals surface area contributed by atoms with Gasteiger partial charge in [-0.3, -0.25) is 9.59 Å². The van der Waals surface area contributed by atoms with E-state index in [1.807, 2.05) is 18.2 Å². The first-order valence-corrected chi connectivity index (χ1v) is 8.12. The molecule has 2 aliphatic rings. The van der Waals surface area contributed by atoms with Gasteiger partial charge in [0.05, 0.1) is 6.54 Å². The first-order valence-electron chi connectivity index (χ1n) is 8.12. The molecule has 126 valence electrons. The van der Waals surface area contributed by atoms with E-state index in [2.05, 4.69) is 16.7 Å². The average molecular weight is 338 g/mol. The molecule has 1 fully saturated rings. The Morgan fingerprint density at radius 2 is 2.09 bits per heavy atom. The second-order valence-corrected chi connectivity index (χ2v) is 6.05. The van der Waals surface area contributed by atoms with Crippen molar-refractivity contribution in [3.05, 3.63) is 29.8 Å². The van der Waals surface area contributed by atoms with Gasteiger partial charge in [0, 0.05) is 24.7 Å². The highest BCUT2D eigenvalue weighted by Crippen LogP contribution is 2.26. The van der Waals surface area contributed by atoms with E-state index in [0.717, 1.165) is 44.5 Å². The van der Waals surface area contributed by atoms with Crippen LogP contribution in [-0.4, -0.2) is 37.5 Å². The van der Waals surface area contributed by atoms with E-state index >= 15 is 0 Å². The SMILES string of the molecule is Cl.O=C(CC1CCCN1)NCC(=O)N1CCCc2ccccc21. The standard InChI is InChI=1S/C17H23N3O2.ClH/c21-16(11-14-7-3-9-18-14)19-12-17(22)20-10-4-6-13-5-1-2-8-15(13)20;/h1-2,5,8,14,18H,3-4,6-7,9-12H2,(H,19,21);1H. The predicted molar refractivity (Wildman–Crippen MR) is 93.0 cm³/mol. The van der Waals surface area contributed by atoms with Crippen LogP contribution in [0.3, 0.4) is 0 Å². The predicted octanol–water partition coefficient (Wildman–Crippen LogP) is 1.65. The number of hydrogen-bond acceptors (Lipinski definition) is 3. The van der Waals surface area contributed by atoms with Crippen LogP contribution in [0.5, 0.6) is 0 Å². The van der Waals surface area contributed by atoms with E-state index in [9.17, 15) is 9.59 Å². The molecule has 1 aromatic carbocycles. The molecule has 1 saturated heterocycles. The summed E-state index contributed by atoms with van der Waals surface area (Å²) in [6.45, 7) is 1.80. The van der Waals surface area contributed by atoms with Crippen LogP contribution in [0.1, 0.15) is 31.2 Å². The largest absolute Gasteiger partial charge is 0.347 e. The van der Waals surface area contributed by atoms with Gasteiger partial charge in [-0.05, 0) is 43.9 Å². The number of carbonyl (C=O) groups is 2. The molecule has 23 heavy (non-hydrogen) atoms. The van der Waals surface area contributed by atoms with E-state index in [1.165, 1.54) is 5.56 Å². The summed E-state index contributed by atoms with van der Waals surface area (Å²) in [7, 11) is 0. The van der Waals surface area contributed by atoms with Crippen molar-refractivity contribution in [2.75, 3.05) is 24.5 Å². The van der Waals surface area contributed by atoms with Gasteiger partial charge in [-0.2, -0.15) is 0 Å². The Labute approximate surface area is 143 Å². The molecule has 0 spiro atoms. The number of para-hydroxylation sites is 1. The second-order valence-electron chi connectivity index (χ2n) is 6.05. The van der Waals surface area contributed by atoms with Crippen molar-refractivity contribution >= 4 is 29.9 Å². The minimum Gasteiger partial charge on any atom is -0.347 e. The maximum atomic E-state index is 12.4. The van der Waals surface area contributed by atoms with Crippen LogP contribution in [0.25, 0.3) is 0 Å². The monoisotopic (exact) mass is 337 g/mol. The molecular formula is C17H24ClN3O2. The molecule has 0 saturated carbocycles. The number of benzene rings is 1. The summed E-state index contributed by atoms with van der Waals surface area (Å²) in [6, 6.07) is 8.28. The maximum Gasteiger partial charge on any atom is 0.246 e. The van der Waals surface area contributed by atoms with Crippen LogP contribution < -0.4 is 15.5 Å². The topological polar surface area (TPSA) is 61.4 Å². The van der Waals surface area contributed by atoms with E-state index in [-0.39, 0.29) is 36.8 Å². The third kappa shape index (κ3) is 4.45. The number of nitrogens with one attached hydrogen (secondary N) is 2. The van der Waals surface area contributed by atoms with E-state index in [4.69, 9.17) is 0 Å². The van der Waals surface area contributed by atoms with Gasteiger partial charge in [-0.1, -0.05) is 18.2 Å². The van der Waals surface area contributed by atoms with Gasteiger partial charge in [-0.15, -0.1) is 12.4 Å².